The summed E-state index contributed by atoms with van der Waals surface area (Å²) in [4.78, 5) is 11.4. The molecule has 23 heavy (non-hydrogen) atoms. The number of carbonyl (C=O) groups excluding carboxylic acids is 1. The maximum absolute atomic E-state index is 13.6. The summed E-state index contributed by atoms with van der Waals surface area (Å²) in [5.41, 5.74) is -0.0667. The van der Waals surface area contributed by atoms with Gasteiger partial charge < -0.3 is 10.6 Å². The van der Waals surface area contributed by atoms with Crippen LogP contribution in [0.2, 0.25) is 0 Å². The Hall–Kier alpha value is -1.51. The van der Waals surface area contributed by atoms with Crippen LogP contribution < -0.4 is 15.4 Å². The van der Waals surface area contributed by atoms with Crippen molar-refractivity contribution in [2.75, 3.05) is 13.1 Å². The topological polar surface area (TPSA) is 87.3 Å². The van der Waals surface area contributed by atoms with Gasteiger partial charge in [-0.25, -0.2) is 12.8 Å². The first-order valence-electron chi connectivity index (χ1n) is 7.32. The lowest BCUT2D eigenvalue weighted by Crippen LogP contribution is -2.47. The van der Waals surface area contributed by atoms with Crippen molar-refractivity contribution in [2.24, 2.45) is 0 Å². The summed E-state index contributed by atoms with van der Waals surface area (Å²) in [6.45, 7) is 8.33. The first-order valence-corrected chi connectivity index (χ1v) is 8.81. The summed E-state index contributed by atoms with van der Waals surface area (Å²) >= 11 is 0. The Kier molecular flexibility index (Phi) is 6.67. The molecule has 0 aliphatic rings. The molecule has 1 rings (SSSR count). The van der Waals surface area contributed by atoms with E-state index in [9.17, 15) is 17.6 Å². The van der Waals surface area contributed by atoms with Gasteiger partial charge in [0, 0.05) is 18.6 Å². The SMILES string of the molecule is C[C@H](NS(=O)(=O)c1ccccc1F)C(=O)NCCNC(C)(C)C. The zero-order chi connectivity index (χ0) is 17.7. The van der Waals surface area contributed by atoms with E-state index in [2.05, 4.69) is 15.4 Å². The fraction of sp³-hybridized carbons (Fsp3) is 0.533. The number of halogens is 1. The molecule has 0 fully saturated rings. The van der Waals surface area contributed by atoms with E-state index in [0.717, 1.165) is 12.1 Å². The van der Waals surface area contributed by atoms with Crippen LogP contribution in [0.3, 0.4) is 0 Å². The third-order valence-electron chi connectivity index (χ3n) is 2.93. The van der Waals surface area contributed by atoms with Crippen LogP contribution in [0.15, 0.2) is 29.2 Å². The minimum absolute atomic E-state index is 0.0667. The molecule has 0 radical (unpaired) electrons. The molecule has 0 saturated carbocycles. The number of amides is 1. The minimum atomic E-state index is -4.09. The van der Waals surface area contributed by atoms with E-state index >= 15 is 0 Å². The van der Waals surface area contributed by atoms with Crippen LogP contribution in [0.4, 0.5) is 4.39 Å². The molecule has 0 spiro atoms. The van der Waals surface area contributed by atoms with Gasteiger partial charge in [0.1, 0.15) is 10.7 Å². The zero-order valence-electron chi connectivity index (χ0n) is 13.8. The van der Waals surface area contributed by atoms with Gasteiger partial charge in [0.25, 0.3) is 0 Å². The highest BCUT2D eigenvalue weighted by atomic mass is 32.2. The fourth-order valence-electron chi connectivity index (χ4n) is 1.79. The highest BCUT2D eigenvalue weighted by Crippen LogP contribution is 2.13. The van der Waals surface area contributed by atoms with E-state index in [4.69, 9.17) is 0 Å². The number of benzene rings is 1. The van der Waals surface area contributed by atoms with E-state index in [0.29, 0.717) is 13.1 Å². The summed E-state index contributed by atoms with van der Waals surface area (Å²) < 4.78 is 39.9. The van der Waals surface area contributed by atoms with E-state index < -0.39 is 32.7 Å². The molecule has 0 bridgehead atoms. The lowest BCUT2D eigenvalue weighted by atomic mass is 10.1. The summed E-state index contributed by atoms with van der Waals surface area (Å²) in [6.07, 6.45) is 0. The van der Waals surface area contributed by atoms with E-state index in [1.54, 1.807) is 0 Å². The molecule has 1 aromatic carbocycles. The van der Waals surface area contributed by atoms with Gasteiger partial charge in [-0.05, 0) is 39.8 Å². The van der Waals surface area contributed by atoms with Crippen LogP contribution in [0.5, 0.6) is 0 Å². The van der Waals surface area contributed by atoms with Gasteiger partial charge >= 0.3 is 0 Å². The maximum Gasteiger partial charge on any atom is 0.244 e. The van der Waals surface area contributed by atoms with Gasteiger partial charge in [-0.2, -0.15) is 4.72 Å². The number of hydrogen-bond donors (Lipinski definition) is 3. The third-order valence-corrected chi connectivity index (χ3v) is 4.50. The van der Waals surface area contributed by atoms with Crippen LogP contribution in [-0.4, -0.2) is 39.0 Å². The first-order chi connectivity index (χ1) is 10.5. The molecule has 0 unspecified atom stereocenters. The van der Waals surface area contributed by atoms with Gasteiger partial charge in [0.05, 0.1) is 6.04 Å². The number of hydrogen-bond acceptors (Lipinski definition) is 4. The molecule has 1 amide bonds. The van der Waals surface area contributed by atoms with Crippen molar-refractivity contribution in [1.82, 2.24) is 15.4 Å². The summed E-state index contributed by atoms with van der Waals surface area (Å²) in [5.74, 6) is -1.33. The van der Waals surface area contributed by atoms with E-state index in [1.807, 2.05) is 20.8 Å². The molecule has 0 aromatic heterocycles. The molecule has 1 aromatic rings. The minimum Gasteiger partial charge on any atom is -0.353 e. The van der Waals surface area contributed by atoms with Crippen molar-refractivity contribution < 1.29 is 17.6 Å². The highest BCUT2D eigenvalue weighted by Gasteiger charge is 2.24. The van der Waals surface area contributed by atoms with Crippen molar-refractivity contribution in [3.05, 3.63) is 30.1 Å². The molecule has 0 saturated heterocycles. The van der Waals surface area contributed by atoms with Crippen LogP contribution in [0.25, 0.3) is 0 Å². The van der Waals surface area contributed by atoms with Crippen molar-refractivity contribution in [2.45, 2.75) is 44.2 Å². The van der Waals surface area contributed by atoms with Crippen LogP contribution in [-0.2, 0) is 14.8 Å². The van der Waals surface area contributed by atoms with Crippen molar-refractivity contribution in [3.8, 4) is 0 Å². The lowest BCUT2D eigenvalue weighted by molar-refractivity contribution is -0.122. The molecule has 0 aliphatic heterocycles. The summed E-state index contributed by atoms with van der Waals surface area (Å²) in [7, 11) is -4.09. The maximum atomic E-state index is 13.6. The molecule has 8 heteroatoms. The smallest absolute Gasteiger partial charge is 0.244 e. The normalized spacial score (nSPS) is 13.6. The largest absolute Gasteiger partial charge is 0.353 e. The molecule has 0 heterocycles. The quantitative estimate of drug-likeness (QED) is 0.643. The van der Waals surface area contributed by atoms with Gasteiger partial charge in [-0.3, -0.25) is 4.79 Å². The molecular weight excluding hydrogens is 321 g/mol. The Morgan fingerprint density at radius 1 is 1.22 bits per heavy atom. The Morgan fingerprint density at radius 3 is 2.39 bits per heavy atom. The molecule has 6 nitrogen and oxygen atoms in total. The monoisotopic (exact) mass is 345 g/mol. The van der Waals surface area contributed by atoms with Crippen molar-refractivity contribution >= 4 is 15.9 Å². The summed E-state index contributed by atoms with van der Waals surface area (Å²) in [6, 6.07) is 4.01. The second-order valence-corrected chi connectivity index (χ2v) is 7.92. The highest BCUT2D eigenvalue weighted by molar-refractivity contribution is 7.89. The first kappa shape index (κ1) is 19.5. The summed E-state index contributed by atoms with van der Waals surface area (Å²) in [5, 5.41) is 5.82. The predicted octanol–water partition coefficient (Wildman–Crippen LogP) is 0.997. The Morgan fingerprint density at radius 2 is 1.83 bits per heavy atom. The standard InChI is InChI=1S/C15H24FN3O3S/c1-11(14(20)17-9-10-18-15(2,3)4)19-23(21,22)13-8-6-5-7-12(13)16/h5-8,11,18-19H,9-10H2,1-4H3,(H,17,20)/t11-/m0/s1. The number of carbonyl (C=O) groups is 1. The molecule has 1 atom stereocenters. The van der Waals surface area contributed by atoms with Gasteiger partial charge in [-0.15, -0.1) is 0 Å². The van der Waals surface area contributed by atoms with Crippen LogP contribution in [0, 0.1) is 5.82 Å². The van der Waals surface area contributed by atoms with Crippen molar-refractivity contribution in [1.29, 1.82) is 0 Å². The van der Waals surface area contributed by atoms with E-state index in [1.165, 1.54) is 19.1 Å². The third kappa shape index (κ3) is 6.64. The van der Waals surface area contributed by atoms with E-state index in [-0.39, 0.29) is 5.54 Å². The molecule has 130 valence electrons. The predicted molar refractivity (Wildman–Crippen MR) is 86.9 cm³/mol. The van der Waals surface area contributed by atoms with Gasteiger partial charge in [0.15, 0.2) is 0 Å². The molecular formula is C15H24FN3O3S. The molecule has 0 aliphatic carbocycles. The van der Waals surface area contributed by atoms with Gasteiger partial charge in [0.2, 0.25) is 15.9 Å². The van der Waals surface area contributed by atoms with Crippen LogP contribution >= 0.6 is 0 Å². The fourth-order valence-corrected chi connectivity index (χ4v) is 3.07. The second-order valence-electron chi connectivity index (χ2n) is 6.24. The van der Waals surface area contributed by atoms with Crippen molar-refractivity contribution in [3.63, 3.8) is 0 Å². The van der Waals surface area contributed by atoms with Gasteiger partial charge in [-0.1, -0.05) is 12.1 Å². The lowest BCUT2D eigenvalue weighted by Gasteiger charge is -2.21. The Labute approximate surface area is 136 Å². The second kappa shape index (κ2) is 7.85. The molecule has 3 N–H and O–H groups in total. The average Bonchev–Trinajstić information content (AvgIpc) is 2.42. The Balaban J connectivity index is 2.56. The van der Waals surface area contributed by atoms with Crippen LogP contribution in [0.1, 0.15) is 27.7 Å². The number of sulfonamides is 1. The zero-order valence-corrected chi connectivity index (χ0v) is 14.6. The number of nitrogens with one attached hydrogen (secondary N) is 3. The number of rotatable bonds is 7. The Bertz CT molecular complexity index is 642. The average molecular weight is 345 g/mol.